The predicted molar refractivity (Wildman–Crippen MR) is 58.3 cm³/mol. The van der Waals surface area contributed by atoms with Gasteiger partial charge in [-0.25, -0.2) is 0 Å². The highest BCUT2D eigenvalue weighted by Crippen LogP contribution is 2.43. The van der Waals surface area contributed by atoms with Crippen molar-refractivity contribution in [2.75, 3.05) is 11.9 Å². The van der Waals surface area contributed by atoms with E-state index >= 15 is 0 Å². The summed E-state index contributed by atoms with van der Waals surface area (Å²) in [6.45, 7) is 1.15. The van der Waals surface area contributed by atoms with Crippen molar-refractivity contribution in [3.8, 4) is 0 Å². The van der Waals surface area contributed by atoms with E-state index in [9.17, 15) is 0 Å². The van der Waals surface area contributed by atoms with Gasteiger partial charge in [0.15, 0.2) is 0 Å². The number of halogens is 1. The molecule has 2 heteroatoms. The average Bonchev–Trinajstić information content (AvgIpc) is 2.57. The van der Waals surface area contributed by atoms with Gasteiger partial charge >= 0.3 is 0 Å². The molecule has 68 valence electrons. The minimum absolute atomic E-state index is 0.788. The molecule has 1 aliphatic carbocycles. The topological polar surface area (TPSA) is 12.0 Å². The van der Waals surface area contributed by atoms with E-state index in [1.54, 1.807) is 11.1 Å². The quantitative estimate of drug-likeness (QED) is 0.731. The lowest BCUT2D eigenvalue weighted by molar-refractivity contribution is 0.590. The minimum atomic E-state index is 0.788. The zero-order valence-electron chi connectivity index (χ0n) is 7.44. The van der Waals surface area contributed by atoms with Gasteiger partial charge < -0.3 is 5.32 Å². The van der Waals surface area contributed by atoms with Crippen molar-refractivity contribution in [3.05, 3.63) is 27.7 Å². The van der Waals surface area contributed by atoms with Gasteiger partial charge in [0, 0.05) is 22.6 Å². The zero-order valence-corrected chi connectivity index (χ0v) is 9.02. The summed E-state index contributed by atoms with van der Waals surface area (Å²) in [5, 5.41) is 3.49. The molecule has 0 aromatic heterocycles. The summed E-state index contributed by atoms with van der Waals surface area (Å²) < 4.78 is 1.31. The maximum atomic E-state index is 3.64. The lowest BCUT2D eigenvalue weighted by atomic mass is 9.84. The number of hydrogen-bond acceptors (Lipinski definition) is 1. The number of anilines is 1. The third-order valence-electron chi connectivity index (χ3n) is 3.23. The van der Waals surface area contributed by atoms with Crippen LogP contribution >= 0.6 is 15.9 Å². The molecule has 1 aromatic rings. The average molecular weight is 238 g/mol. The molecule has 1 atom stereocenters. The van der Waals surface area contributed by atoms with Crippen molar-refractivity contribution in [1.82, 2.24) is 0 Å². The molecule has 1 unspecified atom stereocenters. The normalized spacial score (nSPS) is 23.9. The first-order chi connectivity index (χ1) is 6.36. The van der Waals surface area contributed by atoms with Crippen LogP contribution in [-0.2, 0) is 6.42 Å². The van der Waals surface area contributed by atoms with Crippen LogP contribution in [-0.4, -0.2) is 6.54 Å². The van der Waals surface area contributed by atoms with E-state index in [0.29, 0.717) is 0 Å². The van der Waals surface area contributed by atoms with Crippen molar-refractivity contribution in [2.45, 2.75) is 25.2 Å². The molecule has 0 saturated carbocycles. The van der Waals surface area contributed by atoms with E-state index in [4.69, 9.17) is 0 Å². The molecule has 1 nitrogen and oxygen atoms in total. The van der Waals surface area contributed by atoms with Gasteiger partial charge in [0.05, 0.1) is 0 Å². The Balaban J connectivity index is 2.26. The molecule has 0 spiro atoms. The van der Waals surface area contributed by atoms with Gasteiger partial charge in [-0.3, -0.25) is 0 Å². The summed E-state index contributed by atoms with van der Waals surface area (Å²) in [7, 11) is 0. The molecule has 1 aromatic carbocycles. The Morgan fingerprint density at radius 2 is 2.31 bits per heavy atom. The molecule has 1 aliphatic heterocycles. The Hall–Kier alpha value is -0.500. The van der Waals surface area contributed by atoms with Crippen LogP contribution in [0.2, 0.25) is 0 Å². The van der Waals surface area contributed by atoms with E-state index in [0.717, 1.165) is 12.5 Å². The van der Waals surface area contributed by atoms with Crippen LogP contribution in [0.5, 0.6) is 0 Å². The van der Waals surface area contributed by atoms with E-state index in [-0.39, 0.29) is 0 Å². The van der Waals surface area contributed by atoms with E-state index < -0.39 is 0 Å². The number of benzene rings is 1. The maximum absolute atomic E-state index is 3.64. The second kappa shape index (κ2) is 2.74. The smallest absolute Gasteiger partial charge is 0.0380 e. The molecule has 13 heavy (non-hydrogen) atoms. The molecule has 3 rings (SSSR count). The monoisotopic (exact) mass is 237 g/mol. The van der Waals surface area contributed by atoms with Crippen LogP contribution in [0.25, 0.3) is 0 Å². The molecule has 0 amide bonds. The van der Waals surface area contributed by atoms with Gasteiger partial charge in [0.2, 0.25) is 0 Å². The van der Waals surface area contributed by atoms with E-state index in [1.807, 2.05) is 0 Å². The zero-order chi connectivity index (χ0) is 8.84. The fraction of sp³-hybridized carbons (Fsp3) is 0.455. The van der Waals surface area contributed by atoms with Crippen molar-refractivity contribution in [1.29, 1.82) is 0 Å². The van der Waals surface area contributed by atoms with Crippen LogP contribution < -0.4 is 5.32 Å². The fourth-order valence-electron chi connectivity index (χ4n) is 2.62. The first-order valence-electron chi connectivity index (χ1n) is 4.91. The lowest BCUT2D eigenvalue weighted by Crippen LogP contribution is -2.09. The van der Waals surface area contributed by atoms with E-state index in [1.165, 1.54) is 29.4 Å². The Morgan fingerprint density at radius 1 is 1.38 bits per heavy atom. The second-order valence-corrected chi connectivity index (χ2v) is 4.81. The Kier molecular flexibility index (Phi) is 1.66. The first-order valence-corrected chi connectivity index (χ1v) is 5.70. The molecule has 0 radical (unpaired) electrons. The highest BCUT2D eigenvalue weighted by atomic mass is 79.9. The Bertz CT molecular complexity index is 359. The summed E-state index contributed by atoms with van der Waals surface area (Å²) in [5.74, 6) is 0.788. The Morgan fingerprint density at radius 3 is 3.23 bits per heavy atom. The largest absolute Gasteiger partial charge is 0.384 e. The summed E-state index contributed by atoms with van der Waals surface area (Å²) in [6.07, 6.45) is 3.97. The van der Waals surface area contributed by atoms with Gasteiger partial charge in [-0.1, -0.05) is 15.9 Å². The molecule has 1 heterocycles. The Labute approximate surface area is 86.7 Å². The number of nitrogens with one attached hydrogen (secondary N) is 1. The lowest BCUT2D eigenvalue weighted by Gasteiger charge is -2.21. The summed E-state index contributed by atoms with van der Waals surface area (Å²) in [5.41, 5.74) is 4.53. The molecule has 0 fully saturated rings. The highest BCUT2D eigenvalue weighted by Gasteiger charge is 2.28. The van der Waals surface area contributed by atoms with Gasteiger partial charge in [0.25, 0.3) is 0 Å². The molecule has 0 saturated heterocycles. The standard InChI is InChI=1S/C11H12BrN/c12-9-4-5-10-11-7(6-13-10)2-1-3-8(9)11/h4-5,7,13H,1-3,6H2. The van der Waals surface area contributed by atoms with Crippen LogP contribution in [0.1, 0.15) is 29.9 Å². The number of rotatable bonds is 0. The van der Waals surface area contributed by atoms with Gasteiger partial charge in [-0.15, -0.1) is 0 Å². The van der Waals surface area contributed by atoms with Gasteiger partial charge in [-0.05, 0) is 42.5 Å². The maximum Gasteiger partial charge on any atom is 0.0380 e. The molecule has 0 bridgehead atoms. The summed E-state index contributed by atoms with van der Waals surface area (Å²) in [4.78, 5) is 0. The first kappa shape index (κ1) is 7.86. The molecule has 2 aliphatic rings. The van der Waals surface area contributed by atoms with E-state index in [2.05, 4.69) is 33.4 Å². The highest BCUT2D eigenvalue weighted by molar-refractivity contribution is 9.10. The van der Waals surface area contributed by atoms with Crippen molar-refractivity contribution in [3.63, 3.8) is 0 Å². The van der Waals surface area contributed by atoms with Crippen molar-refractivity contribution >= 4 is 21.6 Å². The van der Waals surface area contributed by atoms with Crippen LogP contribution in [0, 0.1) is 0 Å². The second-order valence-electron chi connectivity index (χ2n) is 3.96. The molecular weight excluding hydrogens is 226 g/mol. The molecule has 1 N–H and O–H groups in total. The minimum Gasteiger partial charge on any atom is -0.384 e. The van der Waals surface area contributed by atoms with Crippen molar-refractivity contribution < 1.29 is 0 Å². The van der Waals surface area contributed by atoms with Gasteiger partial charge in [0.1, 0.15) is 0 Å². The SMILES string of the molecule is Brc1ccc2c3c1CCCC3CN2. The summed E-state index contributed by atoms with van der Waals surface area (Å²) in [6, 6.07) is 4.38. The van der Waals surface area contributed by atoms with Crippen LogP contribution in [0.15, 0.2) is 16.6 Å². The predicted octanol–water partition coefficient (Wildman–Crippen LogP) is 3.29. The van der Waals surface area contributed by atoms with Gasteiger partial charge in [-0.2, -0.15) is 0 Å². The van der Waals surface area contributed by atoms with Crippen molar-refractivity contribution in [2.24, 2.45) is 0 Å². The fourth-order valence-corrected chi connectivity index (χ4v) is 3.16. The number of hydrogen-bond donors (Lipinski definition) is 1. The van der Waals surface area contributed by atoms with Crippen LogP contribution in [0.3, 0.4) is 0 Å². The molecular formula is C11H12BrN. The van der Waals surface area contributed by atoms with Crippen LogP contribution in [0.4, 0.5) is 5.69 Å². The third-order valence-corrected chi connectivity index (χ3v) is 3.97. The third kappa shape index (κ3) is 1.05. The summed E-state index contributed by atoms with van der Waals surface area (Å²) >= 11 is 3.64.